The van der Waals surface area contributed by atoms with Crippen LogP contribution in [0.1, 0.15) is 126 Å². The van der Waals surface area contributed by atoms with Crippen LogP contribution in [0.15, 0.2) is 29.2 Å². The molecule has 2 aromatic rings. The number of hydrogen-bond donors (Lipinski definition) is 1. The highest BCUT2D eigenvalue weighted by atomic mass is 32.2. The number of amides is 2. The van der Waals surface area contributed by atoms with Crippen LogP contribution < -0.4 is 5.32 Å². The molecule has 3 aliphatic heterocycles. The summed E-state index contributed by atoms with van der Waals surface area (Å²) in [5.74, 6) is -0.300. The fraction of sp³-hybridized carbons (Fsp3) is 0.718. The van der Waals surface area contributed by atoms with E-state index < -0.39 is 27.8 Å². The average Bonchev–Trinajstić information content (AvgIpc) is 3.44. The van der Waals surface area contributed by atoms with E-state index in [-0.39, 0.29) is 45.5 Å². The molecule has 0 radical (unpaired) electrons. The minimum absolute atomic E-state index is 0.00563. The zero-order chi connectivity index (χ0) is 37.3. The van der Waals surface area contributed by atoms with Gasteiger partial charge in [0.2, 0.25) is 15.9 Å². The lowest BCUT2D eigenvalue weighted by atomic mass is 9.59. The molecule has 3 unspecified atom stereocenters. The van der Waals surface area contributed by atoms with Gasteiger partial charge in [0.15, 0.2) is 5.69 Å². The number of benzene rings is 1. The van der Waals surface area contributed by atoms with Gasteiger partial charge in [-0.15, -0.1) is 0 Å². The first-order valence-electron chi connectivity index (χ1n) is 19.5. The number of carbonyl (C=O) groups excluding carboxylic acids is 2. The van der Waals surface area contributed by atoms with Crippen LogP contribution in [0.5, 0.6) is 0 Å². The summed E-state index contributed by atoms with van der Waals surface area (Å²) in [5, 5.41) is 6.92. The Balaban J connectivity index is 1.32. The smallest absolute Gasteiger partial charge is 0.338 e. The highest BCUT2D eigenvalue weighted by Gasteiger charge is 2.51. The lowest BCUT2D eigenvalue weighted by Gasteiger charge is -2.50. The molecule has 1 aromatic carbocycles. The molecule has 1 N–H and O–H groups in total. The van der Waals surface area contributed by atoms with Gasteiger partial charge >= 0.3 is 6.18 Å². The summed E-state index contributed by atoms with van der Waals surface area (Å²) in [6.45, 7) is 7.33. The second-order valence-corrected chi connectivity index (χ2v) is 18.4. The Labute approximate surface area is 307 Å². The van der Waals surface area contributed by atoms with Gasteiger partial charge in [0, 0.05) is 45.3 Å². The molecular weight excluding hydrogens is 692 g/mol. The van der Waals surface area contributed by atoms with Gasteiger partial charge in [0.25, 0.3) is 5.91 Å². The van der Waals surface area contributed by atoms with E-state index >= 15 is 0 Å². The number of nitrogens with one attached hydrogen (secondary N) is 1. The van der Waals surface area contributed by atoms with Crippen molar-refractivity contribution >= 4 is 27.5 Å². The van der Waals surface area contributed by atoms with Crippen LogP contribution in [-0.4, -0.2) is 65.4 Å². The fourth-order valence-electron chi connectivity index (χ4n) is 10.0. The molecule has 3 atom stereocenters. The van der Waals surface area contributed by atoms with E-state index in [2.05, 4.69) is 10.4 Å². The number of hydrogen-bond acceptors (Lipinski definition) is 5. The SMILES string of the molecule is CC(=O)Nc1ccc(S(=O)(=O)N2CCC(C3Cc4c(C(=O)N5CC(C)CC(C)C5)c(C(F)(F)F)nn4CC34CCCCCCCCCC4)CC2)cc1. The molecule has 288 valence electrons. The zero-order valence-electron chi connectivity index (χ0n) is 31.0. The molecule has 4 aliphatic rings. The first-order valence-corrected chi connectivity index (χ1v) is 21.0. The lowest BCUT2D eigenvalue weighted by molar-refractivity contribution is -0.142. The van der Waals surface area contributed by atoms with Crippen molar-refractivity contribution < 1.29 is 31.2 Å². The molecule has 1 aromatic heterocycles. The van der Waals surface area contributed by atoms with Gasteiger partial charge in [-0.25, -0.2) is 8.42 Å². The van der Waals surface area contributed by atoms with E-state index in [1.54, 1.807) is 21.7 Å². The number of anilines is 1. The Bertz CT molecular complexity index is 1660. The number of likely N-dealkylation sites (tertiary alicyclic amines) is 1. The minimum Gasteiger partial charge on any atom is -0.338 e. The standard InChI is InChI=1S/C39H56F3N5O4S/c1-27-22-28(2)25-45(24-27)37(49)35-34-23-33(30-16-20-46(21-17-30)52(50,51)32-14-12-31(13-15-32)43-29(3)48)38(26-47(34)44-36(35)39(40,41)42)18-10-8-6-4-5-7-9-11-19-38/h12-15,27-28,30,33H,4-11,16-26H2,1-3H3,(H,43,48). The van der Waals surface area contributed by atoms with Gasteiger partial charge in [0.05, 0.1) is 16.2 Å². The summed E-state index contributed by atoms with van der Waals surface area (Å²) in [5.41, 5.74) is -0.692. The number of alkyl halides is 3. The van der Waals surface area contributed by atoms with Crippen LogP contribution in [0.4, 0.5) is 18.9 Å². The molecule has 6 rings (SSSR count). The number of piperidine rings is 2. The summed E-state index contributed by atoms with van der Waals surface area (Å²) < 4.78 is 75.0. The van der Waals surface area contributed by atoms with E-state index in [1.807, 2.05) is 13.8 Å². The number of fused-ring (bicyclic) bond motifs is 1. The van der Waals surface area contributed by atoms with Crippen molar-refractivity contribution in [1.29, 1.82) is 0 Å². The summed E-state index contributed by atoms with van der Waals surface area (Å²) >= 11 is 0. The topological polar surface area (TPSA) is 105 Å². The van der Waals surface area contributed by atoms with Gasteiger partial charge in [-0.2, -0.15) is 22.6 Å². The van der Waals surface area contributed by atoms with Gasteiger partial charge < -0.3 is 10.2 Å². The van der Waals surface area contributed by atoms with Crippen LogP contribution >= 0.6 is 0 Å². The maximum atomic E-state index is 14.8. The lowest BCUT2D eigenvalue weighted by Crippen LogP contribution is -2.49. The second kappa shape index (κ2) is 15.8. The van der Waals surface area contributed by atoms with Crippen molar-refractivity contribution in [2.45, 2.75) is 128 Å². The predicted molar refractivity (Wildman–Crippen MR) is 194 cm³/mol. The summed E-state index contributed by atoms with van der Waals surface area (Å²) in [6, 6.07) is 6.17. The Hall–Kier alpha value is -2.93. The molecule has 2 amide bonds. The van der Waals surface area contributed by atoms with E-state index in [9.17, 15) is 31.2 Å². The highest BCUT2D eigenvalue weighted by molar-refractivity contribution is 7.89. The van der Waals surface area contributed by atoms with Crippen molar-refractivity contribution in [2.75, 3.05) is 31.5 Å². The third-order valence-electron chi connectivity index (χ3n) is 12.3. The molecule has 13 heteroatoms. The Morgan fingerprint density at radius 3 is 1.98 bits per heavy atom. The van der Waals surface area contributed by atoms with Gasteiger partial charge in [-0.05, 0) is 91.9 Å². The molecule has 1 spiro atoms. The van der Waals surface area contributed by atoms with Crippen LogP contribution in [0.25, 0.3) is 0 Å². The molecule has 1 aliphatic carbocycles. The van der Waals surface area contributed by atoms with E-state index in [0.29, 0.717) is 63.4 Å². The molecule has 0 bridgehead atoms. The van der Waals surface area contributed by atoms with Crippen molar-refractivity contribution in [3.63, 3.8) is 0 Å². The first kappa shape index (κ1) is 38.8. The minimum atomic E-state index is -4.76. The number of nitrogens with zero attached hydrogens (tertiary/aromatic N) is 4. The van der Waals surface area contributed by atoms with Gasteiger partial charge in [-0.1, -0.05) is 65.2 Å². The number of halogens is 3. The quantitative estimate of drug-likeness (QED) is 0.333. The van der Waals surface area contributed by atoms with Crippen molar-refractivity contribution in [1.82, 2.24) is 19.0 Å². The average molecular weight is 748 g/mol. The van der Waals surface area contributed by atoms with Crippen molar-refractivity contribution in [2.24, 2.45) is 29.1 Å². The molecule has 4 heterocycles. The Morgan fingerprint density at radius 1 is 0.885 bits per heavy atom. The maximum Gasteiger partial charge on any atom is 0.435 e. The fourth-order valence-corrected chi connectivity index (χ4v) is 11.5. The molecule has 2 saturated heterocycles. The first-order chi connectivity index (χ1) is 24.7. The third kappa shape index (κ3) is 8.40. The van der Waals surface area contributed by atoms with Crippen molar-refractivity contribution in [3.8, 4) is 0 Å². The normalized spacial score (nSPS) is 25.7. The maximum absolute atomic E-state index is 14.8. The Kier molecular flexibility index (Phi) is 11.8. The van der Waals surface area contributed by atoms with E-state index in [1.165, 1.54) is 36.2 Å². The largest absolute Gasteiger partial charge is 0.435 e. The summed E-state index contributed by atoms with van der Waals surface area (Å²) in [6.07, 6.45) is 8.36. The van der Waals surface area contributed by atoms with Crippen molar-refractivity contribution in [3.05, 3.63) is 41.2 Å². The number of rotatable bonds is 5. The highest BCUT2D eigenvalue weighted by Crippen LogP contribution is 2.52. The zero-order valence-corrected chi connectivity index (χ0v) is 31.8. The molecule has 9 nitrogen and oxygen atoms in total. The number of aromatic nitrogens is 2. The number of carbonyl (C=O) groups is 2. The van der Waals surface area contributed by atoms with Crippen LogP contribution in [0, 0.1) is 29.1 Å². The Morgan fingerprint density at radius 2 is 1.44 bits per heavy atom. The number of sulfonamides is 1. The molecule has 1 saturated carbocycles. The second-order valence-electron chi connectivity index (χ2n) is 16.4. The van der Waals surface area contributed by atoms with Crippen LogP contribution in [-0.2, 0) is 34.0 Å². The predicted octanol–water partition coefficient (Wildman–Crippen LogP) is 8.15. The summed E-state index contributed by atoms with van der Waals surface area (Å²) in [4.78, 5) is 27.4. The molecule has 52 heavy (non-hydrogen) atoms. The van der Waals surface area contributed by atoms with Crippen LogP contribution in [0.2, 0.25) is 0 Å². The molecular formula is C39H56F3N5O4S. The third-order valence-corrected chi connectivity index (χ3v) is 14.3. The van der Waals surface area contributed by atoms with Crippen LogP contribution in [0.3, 0.4) is 0 Å². The van der Waals surface area contributed by atoms with Gasteiger partial charge in [-0.3, -0.25) is 14.3 Å². The van der Waals surface area contributed by atoms with E-state index in [0.717, 1.165) is 57.8 Å². The molecule has 3 fully saturated rings. The summed E-state index contributed by atoms with van der Waals surface area (Å²) in [7, 11) is -3.79. The monoisotopic (exact) mass is 747 g/mol. The van der Waals surface area contributed by atoms with Gasteiger partial charge in [0.1, 0.15) is 0 Å². The van der Waals surface area contributed by atoms with E-state index in [4.69, 9.17) is 0 Å².